The van der Waals surface area contributed by atoms with Crippen molar-refractivity contribution < 1.29 is 13.9 Å². The summed E-state index contributed by atoms with van der Waals surface area (Å²) in [6.45, 7) is 9.40. The Morgan fingerprint density at radius 2 is 1.85 bits per heavy atom. The SMILES string of the molecule is Cc1cc(F)ccc1[C@@H](C)[C@H](C)OC(=O)[C@@H](N)C(C)C. The summed E-state index contributed by atoms with van der Waals surface area (Å²) in [5, 5.41) is 0. The van der Waals surface area contributed by atoms with Crippen LogP contribution < -0.4 is 5.73 Å². The molecule has 0 aromatic heterocycles. The van der Waals surface area contributed by atoms with Crippen molar-refractivity contribution in [3.05, 3.63) is 35.1 Å². The number of aryl methyl sites for hydroxylation is 1. The second kappa shape index (κ2) is 6.84. The van der Waals surface area contributed by atoms with Gasteiger partial charge in [-0.15, -0.1) is 0 Å². The number of carbonyl (C=O) groups is 1. The lowest BCUT2D eigenvalue weighted by atomic mass is 9.92. The third kappa shape index (κ3) is 4.04. The van der Waals surface area contributed by atoms with Gasteiger partial charge in [-0.2, -0.15) is 0 Å². The number of rotatable bonds is 5. The molecule has 0 heterocycles. The summed E-state index contributed by atoms with van der Waals surface area (Å²) in [7, 11) is 0. The molecule has 0 bridgehead atoms. The van der Waals surface area contributed by atoms with Gasteiger partial charge in [0.1, 0.15) is 18.0 Å². The first-order valence-electron chi connectivity index (χ1n) is 6.96. The highest BCUT2D eigenvalue weighted by molar-refractivity contribution is 5.76. The molecule has 0 radical (unpaired) electrons. The summed E-state index contributed by atoms with van der Waals surface area (Å²) in [5.41, 5.74) is 7.60. The highest BCUT2D eigenvalue weighted by atomic mass is 19.1. The molecule has 0 aliphatic carbocycles. The summed E-state index contributed by atoms with van der Waals surface area (Å²) in [5.74, 6) is -0.625. The molecule has 112 valence electrons. The fourth-order valence-electron chi connectivity index (χ4n) is 2.04. The minimum atomic E-state index is -0.612. The van der Waals surface area contributed by atoms with Crippen molar-refractivity contribution in [2.75, 3.05) is 0 Å². The van der Waals surface area contributed by atoms with Crippen LogP contribution in [0.15, 0.2) is 18.2 Å². The van der Waals surface area contributed by atoms with E-state index >= 15 is 0 Å². The van der Waals surface area contributed by atoms with Gasteiger partial charge >= 0.3 is 5.97 Å². The zero-order chi connectivity index (χ0) is 15.4. The van der Waals surface area contributed by atoms with Crippen molar-refractivity contribution in [3.8, 4) is 0 Å². The molecule has 0 fully saturated rings. The van der Waals surface area contributed by atoms with E-state index in [1.165, 1.54) is 12.1 Å². The van der Waals surface area contributed by atoms with Crippen molar-refractivity contribution in [2.24, 2.45) is 11.7 Å². The van der Waals surface area contributed by atoms with Gasteiger partial charge in [0.25, 0.3) is 0 Å². The predicted octanol–water partition coefficient (Wildman–Crippen LogP) is 3.15. The molecule has 20 heavy (non-hydrogen) atoms. The monoisotopic (exact) mass is 281 g/mol. The van der Waals surface area contributed by atoms with E-state index in [9.17, 15) is 9.18 Å². The number of benzene rings is 1. The molecule has 4 heteroatoms. The lowest BCUT2D eigenvalue weighted by Gasteiger charge is -2.24. The second-order valence-corrected chi connectivity index (χ2v) is 5.70. The summed E-state index contributed by atoms with van der Waals surface area (Å²) in [6, 6.07) is 4.04. The van der Waals surface area contributed by atoms with Crippen LogP contribution in [-0.2, 0) is 9.53 Å². The molecule has 0 unspecified atom stereocenters. The van der Waals surface area contributed by atoms with Crippen molar-refractivity contribution in [3.63, 3.8) is 0 Å². The van der Waals surface area contributed by atoms with Crippen LogP contribution in [0.25, 0.3) is 0 Å². The topological polar surface area (TPSA) is 52.3 Å². The van der Waals surface area contributed by atoms with Crippen LogP contribution in [0.1, 0.15) is 44.7 Å². The van der Waals surface area contributed by atoms with Crippen LogP contribution in [0.3, 0.4) is 0 Å². The summed E-state index contributed by atoms with van der Waals surface area (Å²) in [6.07, 6.45) is -0.309. The fourth-order valence-corrected chi connectivity index (χ4v) is 2.04. The molecule has 1 aromatic rings. The molecule has 3 atom stereocenters. The Balaban J connectivity index is 2.76. The number of halogens is 1. The number of hydrogen-bond acceptors (Lipinski definition) is 3. The van der Waals surface area contributed by atoms with Crippen LogP contribution in [0, 0.1) is 18.7 Å². The number of esters is 1. The third-order valence-electron chi connectivity index (χ3n) is 3.72. The Labute approximate surface area is 120 Å². The molecular formula is C16H24FNO2. The molecule has 3 nitrogen and oxygen atoms in total. The van der Waals surface area contributed by atoms with Crippen LogP contribution in [0.5, 0.6) is 0 Å². The number of hydrogen-bond donors (Lipinski definition) is 1. The summed E-state index contributed by atoms with van der Waals surface area (Å²) < 4.78 is 18.5. The average Bonchev–Trinajstić information content (AvgIpc) is 2.36. The maximum atomic E-state index is 13.1. The predicted molar refractivity (Wildman–Crippen MR) is 77.9 cm³/mol. The van der Waals surface area contributed by atoms with Gasteiger partial charge in [0.2, 0.25) is 0 Å². The minimum Gasteiger partial charge on any atom is -0.461 e. The van der Waals surface area contributed by atoms with E-state index in [4.69, 9.17) is 10.5 Å². The Bertz CT molecular complexity index is 474. The molecule has 0 aliphatic heterocycles. The molecular weight excluding hydrogens is 257 g/mol. The van der Waals surface area contributed by atoms with Gasteiger partial charge in [-0.25, -0.2) is 4.39 Å². The van der Waals surface area contributed by atoms with Crippen molar-refractivity contribution in [1.29, 1.82) is 0 Å². The zero-order valence-corrected chi connectivity index (χ0v) is 12.8. The van der Waals surface area contributed by atoms with Gasteiger partial charge in [-0.3, -0.25) is 4.79 Å². The fraction of sp³-hybridized carbons (Fsp3) is 0.562. The highest BCUT2D eigenvalue weighted by Gasteiger charge is 2.25. The van der Waals surface area contributed by atoms with E-state index in [0.717, 1.165) is 11.1 Å². The maximum Gasteiger partial charge on any atom is 0.323 e. The molecule has 0 spiro atoms. The van der Waals surface area contributed by atoms with Gasteiger partial charge in [0.05, 0.1) is 0 Å². The lowest BCUT2D eigenvalue weighted by Crippen LogP contribution is -2.39. The molecule has 0 amide bonds. The zero-order valence-electron chi connectivity index (χ0n) is 12.8. The van der Waals surface area contributed by atoms with E-state index in [-0.39, 0.29) is 29.7 Å². The van der Waals surface area contributed by atoms with Gasteiger partial charge < -0.3 is 10.5 Å². The average molecular weight is 281 g/mol. The first kappa shape index (κ1) is 16.6. The van der Waals surface area contributed by atoms with Gasteiger partial charge in [-0.05, 0) is 43.0 Å². The smallest absolute Gasteiger partial charge is 0.323 e. The van der Waals surface area contributed by atoms with E-state index in [0.29, 0.717) is 0 Å². The highest BCUT2D eigenvalue weighted by Crippen LogP contribution is 2.25. The molecule has 2 N–H and O–H groups in total. The van der Waals surface area contributed by atoms with E-state index in [2.05, 4.69) is 0 Å². The van der Waals surface area contributed by atoms with Crippen molar-refractivity contribution in [1.82, 2.24) is 0 Å². The first-order chi connectivity index (χ1) is 9.23. The standard InChI is InChI=1S/C16H24FNO2/c1-9(2)15(18)16(19)20-12(5)11(4)14-7-6-13(17)8-10(14)3/h6-9,11-12,15H,18H2,1-5H3/t11-,12-,15-/m0/s1. The molecule has 0 aliphatic rings. The summed E-state index contributed by atoms with van der Waals surface area (Å²) >= 11 is 0. The molecule has 0 saturated heterocycles. The second-order valence-electron chi connectivity index (χ2n) is 5.70. The Kier molecular flexibility index (Phi) is 5.69. The molecule has 0 saturated carbocycles. The molecule has 1 aromatic carbocycles. The first-order valence-corrected chi connectivity index (χ1v) is 6.96. The molecule has 1 rings (SSSR count). The normalized spacial score (nSPS) is 15.8. The quantitative estimate of drug-likeness (QED) is 0.843. The number of nitrogens with two attached hydrogens (primary N) is 1. The van der Waals surface area contributed by atoms with Crippen LogP contribution >= 0.6 is 0 Å². The van der Waals surface area contributed by atoms with E-state index < -0.39 is 6.04 Å². The third-order valence-corrected chi connectivity index (χ3v) is 3.72. The summed E-state index contributed by atoms with van der Waals surface area (Å²) in [4.78, 5) is 11.9. The van der Waals surface area contributed by atoms with Gasteiger partial charge in [0.15, 0.2) is 0 Å². The minimum absolute atomic E-state index is 0.0149. The van der Waals surface area contributed by atoms with E-state index in [1.54, 1.807) is 6.07 Å². The Hall–Kier alpha value is -1.42. The Morgan fingerprint density at radius 3 is 2.35 bits per heavy atom. The Morgan fingerprint density at radius 1 is 1.25 bits per heavy atom. The van der Waals surface area contributed by atoms with Crippen LogP contribution in [0.2, 0.25) is 0 Å². The van der Waals surface area contributed by atoms with Gasteiger partial charge in [0, 0.05) is 5.92 Å². The van der Waals surface area contributed by atoms with E-state index in [1.807, 2.05) is 34.6 Å². The van der Waals surface area contributed by atoms with Crippen molar-refractivity contribution >= 4 is 5.97 Å². The van der Waals surface area contributed by atoms with Crippen LogP contribution in [-0.4, -0.2) is 18.1 Å². The largest absolute Gasteiger partial charge is 0.461 e. The number of carbonyl (C=O) groups excluding carboxylic acids is 1. The van der Waals surface area contributed by atoms with Gasteiger partial charge in [-0.1, -0.05) is 26.8 Å². The maximum absolute atomic E-state index is 13.1. The van der Waals surface area contributed by atoms with Crippen LogP contribution in [0.4, 0.5) is 4.39 Å². The number of ether oxygens (including phenoxy) is 1. The van der Waals surface area contributed by atoms with Crippen molar-refractivity contribution in [2.45, 2.75) is 52.7 Å². The lowest BCUT2D eigenvalue weighted by molar-refractivity contribution is -0.151.